The lowest BCUT2D eigenvalue weighted by Crippen LogP contribution is -2.30. The smallest absolute Gasteiger partial charge is 0.321 e. The van der Waals surface area contributed by atoms with E-state index in [1.807, 2.05) is 52.0 Å². The van der Waals surface area contributed by atoms with Crippen LogP contribution in [0.5, 0.6) is 5.75 Å². The first-order chi connectivity index (χ1) is 7.48. The number of hydrogen-bond donors (Lipinski definition) is 0. The van der Waals surface area contributed by atoms with Gasteiger partial charge in [-0.3, -0.25) is 4.79 Å². The summed E-state index contributed by atoms with van der Waals surface area (Å²) in [5, 5.41) is 0. The second-order valence-electron chi connectivity index (χ2n) is 4.30. The minimum atomic E-state index is -0.579. The van der Waals surface area contributed by atoms with Gasteiger partial charge in [-0.15, -0.1) is 0 Å². The average molecular weight is 218 g/mol. The Morgan fingerprint density at radius 3 is 2.31 bits per heavy atom. The Morgan fingerprint density at radius 1 is 1.25 bits per heavy atom. The molecule has 16 heavy (non-hydrogen) atoms. The van der Waals surface area contributed by atoms with Crippen molar-refractivity contribution < 1.29 is 9.53 Å². The van der Waals surface area contributed by atoms with E-state index in [9.17, 15) is 4.79 Å². The zero-order valence-electron chi connectivity index (χ0n) is 10.3. The van der Waals surface area contributed by atoms with Crippen molar-refractivity contribution in [3.63, 3.8) is 0 Å². The molecule has 2 heteroatoms. The van der Waals surface area contributed by atoms with Crippen LogP contribution < -0.4 is 4.74 Å². The molecule has 0 heterocycles. The molecular formula is C14H18O2. The Hall–Kier alpha value is -1.57. The lowest BCUT2D eigenvalue weighted by Gasteiger charge is -2.23. The van der Waals surface area contributed by atoms with Gasteiger partial charge in [-0.05, 0) is 39.8 Å². The van der Waals surface area contributed by atoms with E-state index in [1.165, 1.54) is 0 Å². The fourth-order valence-corrected chi connectivity index (χ4v) is 1.24. The van der Waals surface area contributed by atoms with E-state index in [-0.39, 0.29) is 5.97 Å². The predicted octanol–water partition coefficient (Wildman–Crippen LogP) is 3.58. The number of ether oxygens (including phenoxy) is 1. The van der Waals surface area contributed by atoms with E-state index in [0.29, 0.717) is 5.75 Å². The molecule has 0 spiro atoms. The Morgan fingerprint density at radius 2 is 1.81 bits per heavy atom. The van der Waals surface area contributed by atoms with Gasteiger partial charge in [0.15, 0.2) is 0 Å². The van der Waals surface area contributed by atoms with Gasteiger partial charge in [0.2, 0.25) is 0 Å². The third-order valence-corrected chi connectivity index (χ3v) is 2.88. The predicted molar refractivity (Wildman–Crippen MR) is 65.3 cm³/mol. The molecule has 1 aromatic carbocycles. The van der Waals surface area contributed by atoms with Crippen LogP contribution in [-0.4, -0.2) is 5.97 Å². The molecule has 0 bridgehead atoms. The molecule has 0 saturated carbocycles. The summed E-state index contributed by atoms with van der Waals surface area (Å²) in [7, 11) is 0. The maximum atomic E-state index is 12.0. The van der Waals surface area contributed by atoms with Crippen LogP contribution in [0.15, 0.2) is 42.0 Å². The van der Waals surface area contributed by atoms with Gasteiger partial charge in [0.1, 0.15) is 5.75 Å². The highest BCUT2D eigenvalue weighted by atomic mass is 16.5. The molecule has 2 nitrogen and oxygen atoms in total. The second kappa shape index (κ2) is 4.97. The molecule has 86 valence electrons. The van der Waals surface area contributed by atoms with Crippen molar-refractivity contribution >= 4 is 5.97 Å². The number of carbonyl (C=O) groups excluding carboxylic acids is 1. The summed E-state index contributed by atoms with van der Waals surface area (Å²) in [6.07, 6.45) is 1.94. The summed E-state index contributed by atoms with van der Waals surface area (Å²) in [6, 6.07) is 9.13. The van der Waals surface area contributed by atoms with Crippen LogP contribution in [0, 0.1) is 5.41 Å². The molecule has 0 unspecified atom stereocenters. The molecule has 1 aromatic rings. The molecule has 0 fully saturated rings. The third kappa shape index (κ3) is 2.72. The molecule has 0 saturated heterocycles. The van der Waals surface area contributed by atoms with E-state index in [4.69, 9.17) is 4.74 Å². The summed E-state index contributed by atoms with van der Waals surface area (Å²) in [5.41, 5.74) is 0.429. The molecule has 0 aromatic heterocycles. The molecule has 0 aliphatic carbocycles. The van der Waals surface area contributed by atoms with Crippen LogP contribution in [0.3, 0.4) is 0 Å². The summed E-state index contributed by atoms with van der Waals surface area (Å²) in [6.45, 7) is 7.60. The van der Waals surface area contributed by atoms with Gasteiger partial charge in [0, 0.05) is 0 Å². The Balaban J connectivity index is 2.81. The maximum Gasteiger partial charge on any atom is 0.321 e. The quantitative estimate of drug-likeness (QED) is 0.440. The largest absolute Gasteiger partial charge is 0.426 e. The van der Waals surface area contributed by atoms with Crippen LogP contribution in [0.25, 0.3) is 0 Å². The highest BCUT2D eigenvalue weighted by molar-refractivity contribution is 5.81. The van der Waals surface area contributed by atoms with Gasteiger partial charge in [-0.1, -0.05) is 29.8 Å². The van der Waals surface area contributed by atoms with Gasteiger partial charge in [0.05, 0.1) is 5.41 Å². The number of allylic oxidation sites excluding steroid dienone is 1. The number of para-hydroxylation sites is 1. The third-order valence-electron chi connectivity index (χ3n) is 2.88. The van der Waals surface area contributed by atoms with Crippen molar-refractivity contribution in [2.75, 3.05) is 0 Å². The fraction of sp³-hybridized carbons (Fsp3) is 0.357. The van der Waals surface area contributed by atoms with E-state index >= 15 is 0 Å². The normalized spacial score (nSPS) is 12.4. The number of benzene rings is 1. The molecule has 0 amide bonds. The zero-order valence-corrected chi connectivity index (χ0v) is 10.3. The van der Waals surface area contributed by atoms with Crippen LogP contribution in [0.2, 0.25) is 0 Å². The average Bonchev–Trinajstić information content (AvgIpc) is 2.29. The van der Waals surface area contributed by atoms with Crippen molar-refractivity contribution in [3.05, 3.63) is 42.0 Å². The van der Waals surface area contributed by atoms with Crippen LogP contribution >= 0.6 is 0 Å². The number of rotatable bonds is 3. The molecule has 1 rings (SSSR count). The summed E-state index contributed by atoms with van der Waals surface area (Å²) in [5.74, 6) is 0.360. The van der Waals surface area contributed by atoms with E-state index < -0.39 is 5.41 Å². The lowest BCUT2D eigenvalue weighted by molar-refractivity contribution is -0.141. The zero-order chi connectivity index (χ0) is 12.2. The summed E-state index contributed by atoms with van der Waals surface area (Å²) >= 11 is 0. The fourth-order valence-electron chi connectivity index (χ4n) is 1.24. The lowest BCUT2D eigenvalue weighted by atomic mass is 9.85. The van der Waals surface area contributed by atoms with Gasteiger partial charge in [-0.2, -0.15) is 0 Å². The first kappa shape index (κ1) is 12.5. The van der Waals surface area contributed by atoms with Gasteiger partial charge in [-0.25, -0.2) is 0 Å². The SMILES string of the molecule is C/C=C(\C)C(C)(C)C(=O)Oc1ccccc1. The van der Waals surface area contributed by atoms with Crippen molar-refractivity contribution in [1.82, 2.24) is 0 Å². The molecule has 0 aliphatic rings. The highest BCUT2D eigenvalue weighted by Crippen LogP contribution is 2.28. The Kier molecular flexibility index (Phi) is 3.88. The van der Waals surface area contributed by atoms with Gasteiger partial charge in [0.25, 0.3) is 0 Å². The van der Waals surface area contributed by atoms with Crippen molar-refractivity contribution in [2.45, 2.75) is 27.7 Å². The minimum Gasteiger partial charge on any atom is -0.426 e. The van der Waals surface area contributed by atoms with Gasteiger partial charge < -0.3 is 4.74 Å². The van der Waals surface area contributed by atoms with Crippen LogP contribution in [0.4, 0.5) is 0 Å². The molecule has 0 radical (unpaired) electrons. The summed E-state index contributed by atoms with van der Waals surface area (Å²) < 4.78 is 5.32. The van der Waals surface area contributed by atoms with E-state index in [2.05, 4.69) is 0 Å². The number of hydrogen-bond acceptors (Lipinski definition) is 2. The van der Waals surface area contributed by atoms with Crippen LogP contribution in [0.1, 0.15) is 27.7 Å². The highest BCUT2D eigenvalue weighted by Gasteiger charge is 2.31. The van der Waals surface area contributed by atoms with Crippen molar-refractivity contribution in [1.29, 1.82) is 0 Å². The monoisotopic (exact) mass is 218 g/mol. The standard InChI is InChI=1S/C14H18O2/c1-5-11(2)14(3,4)13(15)16-12-9-7-6-8-10-12/h5-10H,1-4H3/b11-5+. The molecule has 0 N–H and O–H groups in total. The second-order valence-corrected chi connectivity index (χ2v) is 4.30. The Labute approximate surface area is 96.9 Å². The van der Waals surface area contributed by atoms with E-state index in [0.717, 1.165) is 5.57 Å². The number of esters is 1. The van der Waals surface area contributed by atoms with E-state index in [1.54, 1.807) is 12.1 Å². The Bertz CT molecular complexity index is 388. The van der Waals surface area contributed by atoms with Gasteiger partial charge >= 0.3 is 5.97 Å². The maximum absolute atomic E-state index is 12.0. The van der Waals surface area contributed by atoms with Crippen molar-refractivity contribution in [2.24, 2.45) is 5.41 Å². The minimum absolute atomic E-state index is 0.227. The molecule has 0 aliphatic heterocycles. The summed E-state index contributed by atoms with van der Waals surface area (Å²) in [4.78, 5) is 12.0. The first-order valence-electron chi connectivity index (χ1n) is 5.39. The molecule has 0 atom stereocenters. The number of carbonyl (C=O) groups is 1. The van der Waals surface area contributed by atoms with Crippen LogP contribution in [-0.2, 0) is 4.79 Å². The first-order valence-corrected chi connectivity index (χ1v) is 5.39. The van der Waals surface area contributed by atoms with Crippen molar-refractivity contribution in [3.8, 4) is 5.75 Å². The topological polar surface area (TPSA) is 26.3 Å². The molecular weight excluding hydrogens is 200 g/mol.